The van der Waals surface area contributed by atoms with Crippen LogP contribution in [0, 0.1) is 11.8 Å². The van der Waals surface area contributed by atoms with Gasteiger partial charge in [0, 0.05) is 25.0 Å². The number of hydrogen-bond acceptors (Lipinski definition) is 2. The molecule has 2 rings (SSSR count). The molecule has 92 valence electrons. The third kappa shape index (κ3) is 3.21. The van der Waals surface area contributed by atoms with Crippen molar-refractivity contribution >= 4 is 5.91 Å². The molecule has 2 saturated heterocycles. The number of carbonyl (C=O) groups excluding carboxylic acids is 1. The van der Waals surface area contributed by atoms with E-state index < -0.39 is 0 Å². The molecular formula is C13H24N2O. The Morgan fingerprint density at radius 1 is 1.31 bits per heavy atom. The van der Waals surface area contributed by atoms with E-state index in [1.54, 1.807) is 0 Å². The molecule has 0 aromatic rings. The smallest absolute Gasteiger partial charge is 0.220 e. The van der Waals surface area contributed by atoms with Crippen molar-refractivity contribution in [1.82, 2.24) is 10.6 Å². The number of fused-ring (bicyclic) bond motifs is 2. The van der Waals surface area contributed by atoms with Crippen LogP contribution in [0.3, 0.4) is 0 Å². The molecule has 16 heavy (non-hydrogen) atoms. The van der Waals surface area contributed by atoms with Gasteiger partial charge in [-0.25, -0.2) is 0 Å². The molecule has 2 atom stereocenters. The van der Waals surface area contributed by atoms with E-state index in [0.717, 1.165) is 18.6 Å². The molecule has 2 aliphatic heterocycles. The average molecular weight is 224 g/mol. The predicted molar refractivity (Wildman–Crippen MR) is 65.1 cm³/mol. The van der Waals surface area contributed by atoms with Crippen LogP contribution in [-0.2, 0) is 4.79 Å². The average Bonchev–Trinajstić information content (AvgIpc) is 2.54. The van der Waals surface area contributed by atoms with Crippen LogP contribution in [0.25, 0.3) is 0 Å². The molecule has 3 heteroatoms. The molecule has 0 aromatic heterocycles. The van der Waals surface area contributed by atoms with E-state index in [4.69, 9.17) is 0 Å². The van der Waals surface area contributed by atoms with Gasteiger partial charge in [-0.1, -0.05) is 13.8 Å². The van der Waals surface area contributed by atoms with Gasteiger partial charge in [-0.3, -0.25) is 4.79 Å². The number of carbonyl (C=O) groups is 1. The van der Waals surface area contributed by atoms with Crippen LogP contribution in [0.5, 0.6) is 0 Å². The van der Waals surface area contributed by atoms with Crippen LogP contribution < -0.4 is 10.6 Å². The van der Waals surface area contributed by atoms with Gasteiger partial charge in [0.1, 0.15) is 0 Å². The van der Waals surface area contributed by atoms with E-state index in [0.29, 0.717) is 18.3 Å². The topological polar surface area (TPSA) is 41.1 Å². The second-order valence-electron chi connectivity index (χ2n) is 5.88. The summed E-state index contributed by atoms with van der Waals surface area (Å²) in [7, 11) is 0. The summed E-state index contributed by atoms with van der Waals surface area (Å²) in [5.74, 6) is 1.39. The number of rotatable bonds is 4. The molecule has 0 spiro atoms. The summed E-state index contributed by atoms with van der Waals surface area (Å²) in [4.78, 5) is 11.5. The van der Waals surface area contributed by atoms with Crippen molar-refractivity contribution in [1.29, 1.82) is 0 Å². The van der Waals surface area contributed by atoms with Crippen molar-refractivity contribution in [3.8, 4) is 0 Å². The Kier molecular flexibility index (Phi) is 3.85. The Balaban J connectivity index is 1.68. The van der Waals surface area contributed by atoms with Crippen molar-refractivity contribution < 1.29 is 4.79 Å². The highest BCUT2D eigenvalue weighted by Crippen LogP contribution is 2.30. The molecular weight excluding hydrogens is 200 g/mol. The second kappa shape index (κ2) is 5.17. The summed E-state index contributed by atoms with van der Waals surface area (Å²) in [5, 5.41) is 6.71. The number of amides is 1. The maximum Gasteiger partial charge on any atom is 0.220 e. The molecule has 0 aliphatic carbocycles. The molecule has 2 bridgehead atoms. The zero-order valence-corrected chi connectivity index (χ0v) is 10.5. The second-order valence-corrected chi connectivity index (χ2v) is 5.88. The van der Waals surface area contributed by atoms with Crippen LogP contribution in [0.2, 0.25) is 0 Å². The van der Waals surface area contributed by atoms with Crippen molar-refractivity contribution in [2.75, 3.05) is 6.54 Å². The first-order valence-corrected chi connectivity index (χ1v) is 6.66. The normalized spacial score (nSPS) is 33.1. The zero-order chi connectivity index (χ0) is 11.5. The number of hydrogen-bond donors (Lipinski definition) is 2. The van der Waals surface area contributed by atoms with Crippen LogP contribution in [0.4, 0.5) is 0 Å². The lowest BCUT2D eigenvalue weighted by molar-refractivity contribution is -0.122. The molecule has 0 saturated carbocycles. The summed E-state index contributed by atoms with van der Waals surface area (Å²) in [5.41, 5.74) is 0. The van der Waals surface area contributed by atoms with E-state index in [2.05, 4.69) is 24.5 Å². The van der Waals surface area contributed by atoms with Gasteiger partial charge in [-0.2, -0.15) is 0 Å². The fraction of sp³-hybridized carbons (Fsp3) is 0.923. The first-order chi connectivity index (χ1) is 7.63. The van der Waals surface area contributed by atoms with Gasteiger partial charge in [-0.15, -0.1) is 0 Å². The van der Waals surface area contributed by atoms with Gasteiger partial charge in [0.25, 0.3) is 0 Å². The summed E-state index contributed by atoms with van der Waals surface area (Å²) in [6.45, 7) is 5.06. The van der Waals surface area contributed by atoms with Crippen LogP contribution in [0.15, 0.2) is 0 Å². The van der Waals surface area contributed by atoms with Gasteiger partial charge in [0.2, 0.25) is 5.91 Å². The van der Waals surface area contributed by atoms with E-state index in [1.165, 1.54) is 25.7 Å². The third-order valence-electron chi connectivity index (χ3n) is 3.75. The van der Waals surface area contributed by atoms with Crippen LogP contribution in [-0.4, -0.2) is 24.5 Å². The standard InChI is InChI=1S/C13H24N2O/c1-9(2)5-13(16)14-8-10-6-11-3-4-12(7-10)15-11/h9-12,15H,3-8H2,1-2H3,(H,14,16). The SMILES string of the molecule is CC(C)CC(=O)NCC1CC2CCC(C1)N2. The van der Waals surface area contributed by atoms with Crippen LogP contribution in [0.1, 0.15) is 46.0 Å². The van der Waals surface area contributed by atoms with E-state index >= 15 is 0 Å². The van der Waals surface area contributed by atoms with E-state index in [1.807, 2.05) is 0 Å². The molecule has 0 radical (unpaired) electrons. The summed E-state index contributed by atoms with van der Waals surface area (Å²) >= 11 is 0. The van der Waals surface area contributed by atoms with E-state index in [-0.39, 0.29) is 5.91 Å². The third-order valence-corrected chi connectivity index (χ3v) is 3.75. The quantitative estimate of drug-likeness (QED) is 0.763. The largest absolute Gasteiger partial charge is 0.356 e. The van der Waals surface area contributed by atoms with Gasteiger partial charge in [0.05, 0.1) is 0 Å². The maximum atomic E-state index is 11.5. The Morgan fingerprint density at radius 2 is 1.94 bits per heavy atom. The van der Waals surface area contributed by atoms with Crippen molar-refractivity contribution in [3.05, 3.63) is 0 Å². The van der Waals surface area contributed by atoms with Crippen molar-refractivity contribution in [2.45, 2.75) is 58.0 Å². The Hall–Kier alpha value is -0.570. The fourth-order valence-electron chi connectivity index (χ4n) is 3.04. The van der Waals surface area contributed by atoms with Gasteiger partial charge in [-0.05, 0) is 37.5 Å². The molecule has 2 fully saturated rings. The molecule has 2 unspecified atom stereocenters. The monoisotopic (exact) mass is 224 g/mol. The molecule has 2 heterocycles. The summed E-state index contributed by atoms with van der Waals surface area (Å²) in [6.07, 6.45) is 5.83. The van der Waals surface area contributed by atoms with Crippen LogP contribution >= 0.6 is 0 Å². The Morgan fingerprint density at radius 3 is 2.50 bits per heavy atom. The highest BCUT2D eigenvalue weighted by molar-refractivity contribution is 5.76. The minimum absolute atomic E-state index is 0.223. The lowest BCUT2D eigenvalue weighted by Crippen LogP contribution is -2.42. The highest BCUT2D eigenvalue weighted by Gasteiger charge is 2.33. The first kappa shape index (κ1) is 11.9. The zero-order valence-electron chi connectivity index (χ0n) is 10.5. The molecule has 2 N–H and O–H groups in total. The van der Waals surface area contributed by atoms with E-state index in [9.17, 15) is 4.79 Å². The summed E-state index contributed by atoms with van der Waals surface area (Å²) in [6, 6.07) is 1.46. The van der Waals surface area contributed by atoms with Crippen molar-refractivity contribution in [2.24, 2.45) is 11.8 Å². The predicted octanol–water partition coefficient (Wildman–Crippen LogP) is 1.68. The highest BCUT2D eigenvalue weighted by atomic mass is 16.1. The minimum atomic E-state index is 0.223. The first-order valence-electron chi connectivity index (χ1n) is 6.66. The molecule has 3 nitrogen and oxygen atoms in total. The van der Waals surface area contributed by atoms with Gasteiger partial charge < -0.3 is 10.6 Å². The number of piperidine rings is 1. The maximum absolute atomic E-state index is 11.5. The lowest BCUT2D eigenvalue weighted by Gasteiger charge is -2.29. The number of nitrogens with one attached hydrogen (secondary N) is 2. The summed E-state index contributed by atoms with van der Waals surface area (Å²) < 4.78 is 0. The Bertz CT molecular complexity index is 240. The fourth-order valence-corrected chi connectivity index (χ4v) is 3.04. The molecule has 2 aliphatic rings. The van der Waals surface area contributed by atoms with Crippen molar-refractivity contribution in [3.63, 3.8) is 0 Å². The lowest BCUT2D eigenvalue weighted by atomic mass is 9.92. The molecule has 0 aromatic carbocycles. The molecule has 1 amide bonds. The van der Waals surface area contributed by atoms with Gasteiger partial charge >= 0.3 is 0 Å². The Labute approximate surface area is 98.4 Å². The minimum Gasteiger partial charge on any atom is -0.356 e. The van der Waals surface area contributed by atoms with Gasteiger partial charge in [0.15, 0.2) is 0 Å².